The molecule has 6 heteroatoms. The number of hydrogen-bond donors (Lipinski definition) is 1. The van der Waals surface area contributed by atoms with Gasteiger partial charge in [-0.2, -0.15) is 0 Å². The molecule has 0 aliphatic rings. The van der Waals surface area contributed by atoms with E-state index in [2.05, 4.69) is 0 Å². The summed E-state index contributed by atoms with van der Waals surface area (Å²) in [6.45, 7) is 2.23. The van der Waals surface area contributed by atoms with Crippen LogP contribution in [-0.2, 0) is 17.8 Å². The minimum Gasteiger partial charge on any atom is -0.497 e. The first-order chi connectivity index (χ1) is 13.4. The van der Waals surface area contributed by atoms with Crippen LogP contribution in [-0.4, -0.2) is 29.9 Å². The number of fused-ring (bicyclic) bond motifs is 1. The normalized spacial score (nSPS) is 10.8. The number of carboxylic acid groups (broad SMARTS) is 1. The lowest BCUT2D eigenvalue weighted by Gasteiger charge is -2.14. The molecule has 0 spiro atoms. The molecule has 146 valence electrons. The largest absolute Gasteiger partial charge is 0.497 e. The van der Waals surface area contributed by atoms with Crippen LogP contribution in [0.3, 0.4) is 0 Å². The number of methoxy groups -OCH3 is 2. The summed E-state index contributed by atoms with van der Waals surface area (Å²) in [5.41, 5.74) is 3.15. The van der Waals surface area contributed by atoms with E-state index in [9.17, 15) is 9.59 Å². The Morgan fingerprint density at radius 1 is 1.07 bits per heavy atom. The smallest absolute Gasteiger partial charge is 0.305 e. The van der Waals surface area contributed by atoms with E-state index in [1.54, 1.807) is 26.5 Å². The standard InChI is InChI=1S/C22H23NO5/c1-14-4-5-20-19(8-14)22(26)16(13-23(20)7-6-21(24)25)9-15-10-17(27-2)12-18(11-15)28-3/h4-5,8,10-13H,6-7,9H2,1-3H3,(H,24,25). The fourth-order valence-corrected chi connectivity index (χ4v) is 3.29. The number of pyridine rings is 1. The van der Waals surface area contributed by atoms with Crippen molar-refractivity contribution < 1.29 is 19.4 Å². The minimum atomic E-state index is -0.877. The molecule has 0 fully saturated rings. The SMILES string of the molecule is COc1cc(Cc2cn(CCC(=O)O)c3ccc(C)cc3c2=O)cc(OC)c1. The molecule has 0 saturated heterocycles. The van der Waals surface area contributed by atoms with Gasteiger partial charge in [-0.1, -0.05) is 11.6 Å². The quantitative estimate of drug-likeness (QED) is 0.679. The maximum Gasteiger partial charge on any atom is 0.305 e. The lowest BCUT2D eigenvalue weighted by atomic mass is 10.0. The maximum absolute atomic E-state index is 13.1. The highest BCUT2D eigenvalue weighted by molar-refractivity contribution is 5.80. The Kier molecular flexibility index (Phi) is 5.68. The first-order valence-corrected chi connectivity index (χ1v) is 8.97. The molecular formula is C22H23NO5. The summed E-state index contributed by atoms with van der Waals surface area (Å²) in [6.07, 6.45) is 2.14. The van der Waals surface area contributed by atoms with Crippen LogP contribution in [0, 0.1) is 6.92 Å². The number of benzene rings is 2. The summed E-state index contributed by atoms with van der Waals surface area (Å²) in [6, 6.07) is 11.1. The highest BCUT2D eigenvalue weighted by atomic mass is 16.5. The van der Waals surface area contributed by atoms with Crippen molar-refractivity contribution in [1.29, 1.82) is 0 Å². The lowest BCUT2D eigenvalue weighted by Crippen LogP contribution is -2.16. The average molecular weight is 381 g/mol. The summed E-state index contributed by atoms with van der Waals surface area (Å²) in [5, 5.41) is 9.66. The minimum absolute atomic E-state index is 0.0156. The molecule has 3 aromatic rings. The summed E-state index contributed by atoms with van der Waals surface area (Å²) >= 11 is 0. The second-order valence-electron chi connectivity index (χ2n) is 6.74. The maximum atomic E-state index is 13.1. The number of nitrogens with zero attached hydrogens (tertiary/aromatic N) is 1. The van der Waals surface area contributed by atoms with Crippen LogP contribution < -0.4 is 14.9 Å². The van der Waals surface area contributed by atoms with E-state index < -0.39 is 5.97 Å². The highest BCUT2D eigenvalue weighted by Gasteiger charge is 2.12. The topological polar surface area (TPSA) is 77.8 Å². The summed E-state index contributed by atoms with van der Waals surface area (Å²) in [7, 11) is 3.16. The lowest BCUT2D eigenvalue weighted by molar-refractivity contribution is -0.137. The van der Waals surface area contributed by atoms with Crippen LogP contribution in [0.25, 0.3) is 10.9 Å². The molecule has 1 aromatic heterocycles. The second kappa shape index (κ2) is 8.17. The Morgan fingerprint density at radius 3 is 2.36 bits per heavy atom. The Morgan fingerprint density at radius 2 is 1.75 bits per heavy atom. The van der Waals surface area contributed by atoms with Gasteiger partial charge in [0.1, 0.15) is 11.5 Å². The highest BCUT2D eigenvalue weighted by Crippen LogP contribution is 2.24. The monoisotopic (exact) mass is 381 g/mol. The van der Waals surface area contributed by atoms with Gasteiger partial charge in [-0.25, -0.2) is 0 Å². The molecule has 0 atom stereocenters. The van der Waals surface area contributed by atoms with Crippen LogP contribution in [0.1, 0.15) is 23.1 Å². The Balaban J connectivity index is 2.11. The number of carboxylic acids is 1. The Labute approximate surface area is 162 Å². The van der Waals surface area contributed by atoms with E-state index in [-0.39, 0.29) is 11.8 Å². The third-order valence-corrected chi connectivity index (χ3v) is 4.68. The van der Waals surface area contributed by atoms with Crippen molar-refractivity contribution in [2.75, 3.05) is 14.2 Å². The third-order valence-electron chi connectivity index (χ3n) is 4.68. The predicted octanol–water partition coefficient (Wildman–Crippen LogP) is 3.39. The van der Waals surface area contributed by atoms with Gasteiger partial charge < -0.3 is 19.1 Å². The van der Waals surface area contributed by atoms with E-state index in [0.717, 1.165) is 16.6 Å². The first kappa shape index (κ1) is 19.5. The van der Waals surface area contributed by atoms with Crippen molar-refractivity contribution in [3.05, 3.63) is 69.5 Å². The molecule has 1 heterocycles. The molecule has 6 nitrogen and oxygen atoms in total. The van der Waals surface area contributed by atoms with Gasteiger partial charge in [-0.3, -0.25) is 9.59 Å². The molecule has 0 unspecified atom stereocenters. The number of carbonyl (C=O) groups is 1. The van der Waals surface area contributed by atoms with Crippen molar-refractivity contribution in [3.8, 4) is 11.5 Å². The van der Waals surface area contributed by atoms with Crippen LogP contribution in [0.2, 0.25) is 0 Å². The van der Waals surface area contributed by atoms with Crippen molar-refractivity contribution in [1.82, 2.24) is 4.57 Å². The van der Waals surface area contributed by atoms with E-state index in [0.29, 0.717) is 35.4 Å². The van der Waals surface area contributed by atoms with E-state index in [1.165, 1.54) is 0 Å². The van der Waals surface area contributed by atoms with Crippen molar-refractivity contribution >= 4 is 16.9 Å². The molecule has 0 radical (unpaired) electrons. The van der Waals surface area contributed by atoms with Gasteiger partial charge in [0.2, 0.25) is 0 Å². The Hall–Kier alpha value is -3.28. The fraction of sp³-hybridized carbons (Fsp3) is 0.273. The number of hydrogen-bond acceptors (Lipinski definition) is 4. The van der Waals surface area contributed by atoms with Crippen molar-refractivity contribution in [2.45, 2.75) is 26.3 Å². The number of ether oxygens (including phenoxy) is 2. The van der Waals surface area contributed by atoms with Gasteiger partial charge in [0, 0.05) is 36.2 Å². The second-order valence-corrected chi connectivity index (χ2v) is 6.74. The van der Waals surface area contributed by atoms with Crippen LogP contribution in [0.4, 0.5) is 0 Å². The number of rotatable bonds is 7. The Bertz CT molecular complexity index is 1060. The molecule has 0 aliphatic carbocycles. The molecule has 0 amide bonds. The molecule has 0 bridgehead atoms. The van der Waals surface area contributed by atoms with E-state index >= 15 is 0 Å². The molecule has 0 aliphatic heterocycles. The van der Waals surface area contributed by atoms with Gasteiger partial charge in [0.05, 0.1) is 26.2 Å². The van der Waals surface area contributed by atoms with Crippen molar-refractivity contribution in [3.63, 3.8) is 0 Å². The predicted molar refractivity (Wildman–Crippen MR) is 108 cm³/mol. The van der Waals surface area contributed by atoms with E-state index in [1.807, 2.05) is 41.8 Å². The van der Waals surface area contributed by atoms with Crippen LogP contribution in [0.5, 0.6) is 11.5 Å². The number of aryl methyl sites for hydroxylation is 2. The van der Waals surface area contributed by atoms with Gasteiger partial charge in [0.25, 0.3) is 0 Å². The molecule has 2 aromatic carbocycles. The van der Waals surface area contributed by atoms with Crippen LogP contribution >= 0.6 is 0 Å². The molecular weight excluding hydrogens is 358 g/mol. The number of aliphatic carboxylic acids is 1. The molecule has 0 saturated carbocycles. The van der Waals surface area contributed by atoms with Crippen molar-refractivity contribution in [2.24, 2.45) is 0 Å². The first-order valence-electron chi connectivity index (χ1n) is 8.97. The van der Waals surface area contributed by atoms with Gasteiger partial charge in [-0.05, 0) is 36.8 Å². The zero-order valence-electron chi connectivity index (χ0n) is 16.2. The molecule has 1 N–H and O–H groups in total. The van der Waals surface area contributed by atoms with Gasteiger partial charge >= 0.3 is 5.97 Å². The van der Waals surface area contributed by atoms with Gasteiger partial charge in [0.15, 0.2) is 5.43 Å². The summed E-state index contributed by atoms with van der Waals surface area (Å²) < 4.78 is 12.5. The third kappa shape index (κ3) is 4.17. The van der Waals surface area contributed by atoms with E-state index in [4.69, 9.17) is 14.6 Å². The zero-order chi connectivity index (χ0) is 20.3. The van der Waals surface area contributed by atoms with Gasteiger partial charge in [-0.15, -0.1) is 0 Å². The zero-order valence-corrected chi connectivity index (χ0v) is 16.2. The van der Waals surface area contributed by atoms with Crippen LogP contribution in [0.15, 0.2) is 47.4 Å². The summed E-state index contributed by atoms with van der Waals surface area (Å²) in [4.78, 5) is 24.1. The fourth-order valence-electron chi connectivity index (χ4n) is 3.29. The molecule has 28 heavy (non-hydrogen) atoms. The average Bonchev–Trinajstić information content (AvgIpc) is 2.68. The summed E-state index contributed by atoms with van der Waals surface area (Å²) in [5.74, 6) is 0.424. The number of aromatic nitrogens is 1. The molecule has 3 rings (SSSR count).